The number of nitrogens with zero attached hydrogens (tertiary/aromatic N) is 2. The zero-order chi connectivity index (χ0) is 42.4. The van der Waals surface area contributed by atoms with Gasteiger partial charge in [-0.1, -0.05) is 49.2 Å². The average molecular weight is 837 g/mol. The number of thioether (sulfide) groups is 1. The second-order valence-corrected chi connectivity index (χ2v) is 16.5. The van der Waals surface area contributed by atoms with E-state index in [0.717, 1.165) is 11.1 Å². The molecule has 3 heterocycles. The van der Waals surface area contributed by atoms with Crippen LogP contribution in [0.15, 0.2) is 35.9 Å². The molecule has 0 aromatic heterocycles. The van der Waals surface area contributed by atoms with Gasteiger partial charge in [-0.25, -0.2) is 9.59 Å². The van der Waals surface area contributed by atoms with Crippen molar-refractivity contribution in [3.05, 3.63) is 46.5 Å². The van der Waals surface area contributed by atoms with Crippen LogP contribution in [0.2, 0.25) is 5.02 Å². The number of carbonyl (C=O) groups is 6. The molecule has 314 valence electrons. The summed E-state index contributed by atoms with van der Waals surface area (Å²) < 4.78 is 22.7. The number of hydrogen-bond acceptors (Lipinski definition) is 13. The van der Waals surface area contributed by atoms with Gasteiger partial charge in [-0.2, -0.15) is 0 Å². The number of alkyl carbamates (subject to hydrolysis) is 1. The minimum atomic E-state index is -1.93. The zero-order valence-electron chi connectivity index (χ0n) is 33.4. The predicted molar refractivity (Wildman–Crippen MR) is 211 cm³/mol. The SMILES string of the molecule is COc1cc2cc(c1Cl)N(C)C(=O)C[C@H](OC(=O)[C@H](C)N(C)C(=O)CCSC1CC(=O)NC1=O)C(C)[C@@H](O)[C@H](C)[C@@H]1C[C@@](O)(NC(=O)O1)[C@H](OC)/C=C/C=C(\C)C2. The molecule has 2 fully saturated rings. The van der Waals surface area contributed by atoms with Gasteiger partial charge in [0.15, 0.2) is 5.72 Å². The third-order valence-electron chi connectivity index (χ3n) is 10.8. The predicted octanol–water partition coefficient (Wildman–Crippen LogP) is 2.89. The number of benzene rings is 1. The van der Waals surface area contributed by atoms with E-state index in [2.05, 4.69) is 10.6 Å². The summed E-state index contributed by atoms with van der Waals surface area (Å²) >= 11 is 7.90. The van der Waals surface area contributed by atoms with Gasteiger partial charge in [-0.3, -0.25) is 29.8 Å². The zero-order valence-corrected chi connectivity index (χ0v) is 35.0. The van der Waals surface area contributed by atoms with E-state index in [-0.39, 0.29) is 35.9 Å². The number of methoxy groups -OCH3 is 2. The highest BCUT2D eigenvalue weighted by Crippen LogP contribution is 2.38. The summed E-state index contributed by atoms with van der Waals surface area (Å²) in [5, 5.41) is 27.8. The third-order valence-corrected chi connectivity index (χ3v) is 12.4. The van der Waals surface area contributed by atoms with E-state index in [0.29, 0.717) is 17.9 Å². The molecule has 2 saturated heterocycles. The molecule has 2 unspecified atom stereocenters. The lowest BCUT2D eigenvalue weighted by molar-refractivity contribution is -0.167. The Labute approximate surface area is 341 Å². The molecule has 5 amide bonds. The van der Waals surface area contributed by atoms with E-state index in [9.17, 15) is 39.0 Å². The van der Waals surface area contributed by atoms with Crippen LogP contribution in [-0.4, -0.2) is 126 Å². The van der Waals surface area contributed by atoms with Crippen LogP contribution in [0, 0.1) is 11.8 Å². The Bertz CT molecular complexity index is 1780. The fourth-order valence-electron chi connectivity index (χ4n) is 6.94. The lowest BCUT2D eigenvalue weighted by Crippen LogP contribution is -2.64. The molecule has 3 aliphatic rings. The number of nitrogens with one attached hydrogen (secondary N) is 2. The van der Waals surface area contributed by atoms with E-state index in [1.807, 2.05) is 13.0 Å². The van der Waals surface area contributed by atoms with Crippen molar-refractivity contribution in [1.82, 2.24) is 15.5 Å². The van der Waals surface area contributed by atoms with Gasteiger partial charge in [-0.05, 0) is 38.0 Å². The van der Waals surface area contributed by atoms with Gasteiger partial charge in [-0.15, -0.1) is 11.8 Å². The number of likely N-dealkylation sites (N-methyl/N-ethyl adjacent to an activating group) is 1. The Morgan fingerprint density at radius 1 is 1.16 bits per heavy atom. The maximum absolute atomic E-state index is 14.1. The molecule has 57 heavy (non-hydrogen) atoms. The molecule has 4 bridgehead atoms. The van der Waals surface area contributed by atoms with Gasteiger partial charge in [0.05, 0.1) is 30.6 Å². The van der Waals surface area contributed by atoms with Crippen molar-refractivity contribution in [3.8, 4) is 5.75 Å². The van der Waals surface area contributed by atoms with Crippen LogP contribution in [0.4, 0.5) is 10.5 Å². The first kappa shape index (κ1) is 45.5. The summed E-state index contributed by atoms with van der Waals surface area (Å²) in [5.74, 6) is -3.86. The van der Waals surface area contributed by atoms with E-state index >= 15 is 0 Å². The molecule has 0 spiro atoms. The Morgan fingerprint density at radius 3 is 2.49 bits per heavy atom. The molecule has 1 aromatic rings. The van der Waals surface area contributed by atoms with E-state index < -0.39 is 89.5 Å². The summed E-state index contributed by atoms with van der Waals surface area (Å²) in [5.41, 5.74) is 0.0411. The van der Waals surface area contributed by atoms with Crippen LogP contribution in [-0.2, 0) is 44.6 Å². The molecule has 4 N–H and O–H groups in total. The van der Waals surface area contributed by atoms with E-state index in [1.165, 1.54) is 56.8 Å². The van der Waals surface area contributed by atoms with Crippen molar-refractivity contribution < 1.29 is 57.9 Å². The number of aliphatic hydroxyl groups excluding tert-OH is 1. The van der Waals surface area contributed by atoms with Gasteiger partial charge in [0.2, 0.25) is 23.6 Å². The number of allylic oxidation sites excluding steroid dienone is 3. The number of ether oxygens (including phenoxy) is 4. The van der Waals surface area contributed by atoms with E-state index in [4.69, 9.17) is 30.5 Å². The van der Waals surface area contributed by atoms with Crippen LogP contribution >= 0.6 is 23.4 Å². The molecule has 16 nitrogen and oxygen atoms in total. The molecule has 18 heteroatoms. The minimum Gasteiger partial charge on any atom is -0.495 e. The third kappa shape index (κ3) is 11.1. The van der Waals surface area contributed by atoms with Gasteiger partial charge in [0.1, 0.15) is 35.1 Å². The van der Waals surface area contributed by atoms with Crippen LogP contribution in [0.1, 0.15) is 58.9 Å². The maximum Gasteiger partial charge on any atom is 0.409 e. The first-order valence-electron chi connectivity index (χ1n) is 18.6. The Hall–Kier alpha value is -4.16. The smallest absolute Gasteiger partial charge is 0.409 e. The lowest BCUT2D eigenvalue weighted by atomic mass is 9.81. The molecule has 4 rings (SSSR count). The quantitative estimate of drug-likeness (QED) is 0.209. The highest BCUT2D eigenvalue weighted by atomic mass is 35.5. The van der Waals surface area contributed by atoms with Gasteiger partial charge < -0.3 is 39.0 Å². The number of rotatable bonds is 9. The normalized spacial score (nSPS) is 30.6. The molecule has 9 atom stereocenters. The summed E-state index contributed by atoms with van der Waals surface area (Å²) in [6.45, 7) is 6.54. The Balaban J connectivity index is 1.66. The molecule has 3 aliphatic heterocycles. The highest BCUT2D eigenvalue weighted by molar-refractivity contribution is 8.00. The van der Waals surface area contributed by atoms with Crippen LogP contribution in [0.3, 0.4) is 0 Å². The number of esters is 1. The lowest BCUT2D eigenvalue weighted by Gasteiger charge is -2.43. The average Bonchev–Trinajstić information content (AvgIpc) is 3.49. The molecular formula is C39H53ClN4O12S. The van der Waals surface area contributed by atoms with Crippen molar-refractivity contribution in [2.75, 3.05) is 39.0 Å². The maximum atomic E-state index is 14.1. The Kier molecular flexibility index (Phi) is 15.6. The summed E-state index contributed by atoms with van der Waals surface area (Å²) in [4.78, 5) is 79.7. The standard InChI is InChI=1S/C39H53ClN4O12S/c1-20-10-9-11-30(54-8)39(52)19-28(56-38(51)42-39)22(3)35(48)21(2)26(17-33(47)44(6)25-15-24(14-20)16-27(53-7)34(25)40)55-37(50)23(4)43(5)32(46)12-13-57-29-18-31(45)41-36(29)49/h9-11,15-16,21-23,26,28-30,35,48,52H,12-14,17-19H2,1-8H3,(H,42,51)(H,41,45,49)/b11-9+,20-10+/t21?,22-,23+,26+,28+,29?,30-,35-,39+/m1/s1. The molecule has 0 saturated carbocycles. The van der Waals surface area contributed by atoms with Crippen LogP contribution in [0.5, 0.6) is 5.75 Å². The van der Waals surface area contributed by atoms with Gasteiger partial charge in [0, 0.05) is 58.1 Å². The number of imide groups is 1. The van der Waals surface area contributed by atoms with Crippen molar-refractivity contribution in [1.29, 1.82) is 0 Å². The first-order valence-corrected chi connectivity index (χ1v) is 20.0. The largest absolute Gasteiger partial charge is 0.495 e. The monoisotopic (exact) mass is 836 g/mol. The topological polar surface area (TPSA) is 210 Å². The fraction of sp³-hybridized carbons (Fsp3) is 0.590. The molecule has 1 aromatic carbocycles. The Morgan fingerprint density at radius 2 is 1.86 bits per heavy atom. The number of anilines is 1. The number of amides is 5. The number of halogens is 1. The number of aliphatic hydroxyl groups is 2. The first-order chi connectivity index (χ1) is 26.8. The highest BCUT2D eigenvalue weighted by Gasteiger charge is 2.48. The second kappa shape index (κ2) is 19.5. The number of carbonyl (C=O) groups excluding carboxylic acids is 6. The van der Waals surface area contributed by atoms with Crippen molar-refractivity contribution in [2.24, 2.45) is 11.8 Å². The van der Waals surface area contributed by atoms with Crippen molar-refractivity contribution in [3.63, 3.8) is 0 Å². The molecular weight excluding hydrogens is 784 g/mol. The summed E-state index contributed by atoms with van der Waals surface area (Å²) in [6.07, 6.45) is -0.712. The van der Waals surface area contributed by atoms with E-state index in [1.54, 1.807) is 38.1 Å². The molecule has 0 aliphatic carbocycles. The number of hydrogen-bond donors (Lipinski definition) is 4. The fourth-order valence-corrected chi connectivity index (χ4v) is 8.31. The minimum absolute atomic E-state index is 0.0301. The summed E-state index contributed by atoms with van der Waals surface area (Å²) in [6, 6.07) is 2.37. The van der Waals surface area contributed by atoms with Crippen molar-refractivity contribution in [2.45, 2.75) is 101 Å². The van der Waals surface area contributed by atoms with Gasteiger partial charge >= 0.3 is 12.1 Å². The van der Waals surface area contributed by atoms with Crippen LogP contribution < -0.4 is 20.3 Å². The van der Waals surface area contributed by atoms with Crippen molar-refractivity contribution >= 4 is 64.7 Å². The van der Waals surface area contributed by atoms with Crippen LogP contribution in [0.25, 0.3) is 0 Å². The van der Waals surface area contributed by atoms with Gasteiger partial charge in [0.25, 0.3) is 0 Å². The molecule has 0 radical (unpaired) electrons. The second-order valence-electron chi connectivity index (χ2n) is 14.8. The summed E-state index contributed by atoms with van der Waals surface area (Å²) in [7, 11) is 5.77. The number of fused-ring (bicyclic) bond motifs is 4.